The van der Waals surface area contributed by atoms with Gasteiger partial charge in [0.2, 0.25) is 0 Å². The number of halogens is 1. The molecule has 4 nitrogen and oxygen atoms in total. The van der Waals surface area contributed by atoms with Crippen molar-refractivity contribution in [2.24, 2.45) is 5.41 Å². The molecule has 1 aliphatic rings. The molecule has 1 fully saturated rings. The molecule has 0 bridgehead atoms. The highest BCUT2D eigenvalue weighted by Crippen LogP contribution is 2.51. The van der Waals surface area contributed by atoms with Gasteiger partial charge in [-0.2, -0.15) is 0 Å². The normalized spacial score (nSPS) is 17.2. The summed E-state index contributed by atoms with van der Waals surface area (Å²) in [6, 6.07) is 18.9. The van der Waals surface area contributed by atoms with E-state index >= 15 is 4.39 Å². The summed E-state index contributed by atoms with van der Waals surface area (Å²) in [5, 5.41) is 9.34. The van der Waals surface area contributed by atoms with Gasteiger partial charge in [0.05, 0.1) is 13.5 Å². The third kappa shape index (κ3) is 6.38. The van der Waals surface area contributed by atoms with E-state index in [1.54, 1.807) is 19.2 Å². The minimum Gasteiger partial charge on any atom is -0.497 e. The molecule has 4 rings (SSSR count). The number of carboxylic acids is 1. The number of ether oxygens (including phenoxy) is 2. The predicted octanol–water partition coefficient (Wildman–Crippen LogP) is 8.73. The van der Waals surface area contributed by atoms with E-state index in [2.05, 4.69) is 26.8 Å². The summed E-state index contributed by atoms with van der Waals surface area (Å²) in [6.45, 7) is 7.05. The van der Waals surface area contributed by atoms with Gasteiger partial charge in [0, 0.05) is 5.56 Å². The SMILES string of the molecule is CCCC(CC(=O)O)c1cccc(OCc2ccc(-c3cc(OC)ccc3F)c([C@@H]3CCCC3(C)C)c2)c1. The molecule has 0 aromatic heterocycles. The van der Waals surface area contributed by atoms with E-state index in [4.69, 9.17) is 9.47 Å². The second-order valence-corrected chi connectivity index (χ2v) is 11.1. The van der Waals surface area contributed by atoms with Crippen LogP contribution in [0.4, 0.5) is 4.39 Å². The number of rotatable bonds is 11. The van der Waals surface area contributed by atoms with Crippen LogP contribution in [0, 0.1) is 11.2 Å². The van der Waals surface area contributed by atoms with Gasteiger partial charge < -0.3 is 14.6 Å². The van der Waals surface area contributed by atoms with Crippen molar-refractivity contribution in [2.45, 2.75) is 77.7 Å². The Morgan fingerprint density at radius 3 is 2.58 bits per heavy atom. The Labute approximate surface area is 225 Å². The molecule has 2 atom stereocenters. The molecule has 0 spiro atoms. The second kappa shape index (κ2) is 12.0. The molecule has 3 aromatic rings. The first kappa shape index (κ1) is 27.7. The van der Waals surface area contributed by atoms with E-state index in [9.17, 15) is 9.90 Å². The van der Waals surface area contributed by atoms with Gasteiger partial charge in [0.25, 0.3) is 0 Å². The first-order valence-corrected chi connectivity index (χ1v) is 13.6. The number of methoxy groups -OCH3 is 1. The molecule has 0 heterocycles. The first-order chi connectivity index (χ1) is 18.2. The van der Waals surface area contributed by atoms with Crippen LogP contribution in [-0.4, -0.2) is 18.2 Å². The highest BCUT2D eigenvalue weighted by Gasteiger charge is 2.37. The molecule has 3 aromatic carbocycles. The lowest BCUT2D eigenvalue weighted by molar-refractivity contribution is -0.137. The van der Waals surface area contributed by atoms with Gasteiger partial charge in [-0.25, -0.2) is 4.39 Å². The fraction of sp³-hybridized carbons (Fsp3) is 0.424. The van der Waals surface area contributed by atoms with Crippen molar-refractivity contribution >= 4 is 5.97 Å². The fourth-order valence-corrected chi connectivity index (χ4v) is 5.95. The van der Waals surface area contributed by atoms with Crippen molar-refractivity contribution in [1.29, 1.82) is 0 Å². The van der Waals surface area contributed by atoms with Crippen LogP contribution in [0.15, 0.2) is 60.7 Å². The van der Waals surface area contributed by atoms with Gasteiger partial charge in [-0.05, 0) is 89.1 Å². The lowest BCUT2D eigenvalue weighted by Gasteiger charge is -2.30. The second-order valence-electron chi connectivity index (χ2n) is 11.1. The monoisotopic (exact) mass is 518 g/mol. The summed E-state index contributed by atoms with van der Waals surface area (Å²) in [6.07, 6.45) is 5.21. The molecule has 0 aliphatic heterocycles. The van der Waals surface area contributed by atoms with Crippen LogP contribution in [0.25, 0.3) is 11.1 Å². The molecular weight excluding hydrogens is 479 g/mol. The topological polar surface area (TPSA) is 55.8 Å². The minimum absolute atomic E-state index is 0.0331. The molecule has 202 valence electrons. The van der Waals surface area contributed by atoms with Gasteiger partial charge >= 0.3 is 5.97 Å². The van der Waals surface area contributed by atoms with Crippen molar-refractivity contribution in [1.82, 2.24) is 0 Å². The summed E-state index contributed by atoms with van der Waals surface area (Å²) < 4.78 is 26.6. The zero-order chi connectivity index (χ0) is 27.3. The van der Waals surface area contributed by atoms with Gasteiger partial charge in [0.1, 0.15) is 23.9 Å². The average molecular weight is 519 g/mol. The smallest absolute Gasteiger partial charge is 0.303 e. The summed E-state index contributed by atoms with van der Waals surface area (Å²) >= 11 is 0. The van der Waals surface area contributed by atoms with E-state index in [-0.39, 0.29) is 23.6 Å². The summed E-state index contributed by atoms with van der Waals surface area (Å²) in [5.41, 5.74) is 4.75. The Morgan fingerprint density at radius 2 is 1.89 bits per heavy atom. The minimum atomic E-state index is -0.787. The summed E-state index contributed by atoms with van der Waals surface area (Å²) in [5.74, 6) is 0.595. The number of hydrogen-bond donors (Lipinski definition) is 1. The number of aliphatic carboxylic acids is 1. The van der Waals surface area contributed by atoms with Crippen molar-refractivity contribution in [3.05, 3.63) is 83.2 Å². The Kier molecular flexibility index (Phi) is 8.76. The molecule has 38 heavy (non-hydrogen) atoms. The van der Waals surface area contributed by atoms with Crippen LogP contribution in [0.5, 0.6) is 11.5 Å². The van der Waals surface area contributed by atoms with Crippen molar-refractivity contribution in [3.8, 4) is 22.6 Å². The number of carbonyl (C=O) groups is 1. The summed E-state index contributed by atoms with van der Waals surface area (Å²) in [4.78, 5) is 11.4. The van der Waals surface area contributed by atoms with Crippen LogP contribution < -0.4 is 9.47 Å². The van der Waals surface area contributed by atoms with E-state index in [1.807, 2.05) is 36.4 Å². The first-order valence-electron chi connectivity index (χ1n) is 13.6. The van der Waals surface area contributed by atoms with Crippen LogP contribution in [0.2, 0.25) is 0 Å². The fourth-order valence-electron chi connectivity index (χ4n) is 5.95. The number of hydrogen-bond acceptors (Lipinski definition) is 3. The average Bonchev–Trinajstić information content (AvgIpc) is 3.26. The third-order valence-electron chi connectivity index (χ3n) is 8.01. The van der Waals surface area contributed by atoms with Crippen LogP contribution >= 0.6 is 0 Å². The molecule has 1 N–H and O–H groups in total. The van der Waals surface area contributed by atoms with Gasteiger partial charge in [-0.15, -0.1) is 0 Å². The van der Waals surface area contributed by atoms with Gasteiger partial charge in [-0.1, -0.05) is 63.9 Å². The van der Waals surface area contributed by atoms with E-state index in [0.717, 1.165) is 60.1 Å². The van der Waals surface area contributed by atoms with Gasteiger partial charge in [-0.3, -0.25) is 4.79 Å². The predicted molar refractivity (Wildman–Crippen MR) is 149 cm³/mol. The molecule has 1 aliphatic carbocycles. The Hall–Kier alpha value is -3.34. The lowest BCUT2D eigenvalue weighted by Crippen LogP contribution is -2.17. The molecule has 5 heteroatoms. The quantitative estimate of drug-likeness (QED) is 0.276. The van der Waals surface area contributed by atoms with E-state index < -0.39 is 5.97 Å². The Balaban J connectivity index is 1.63. The molecule has 0 radical (unpaired) electrons. The van der Waals surface area contributed by atoms with Crippen LogP contribution in [0.3, 0.4) is 0 Å². The molecule has 0 saturated heterocycles. The van der Waals surface area contributed by atoms with Crippen LogP contribution in [-0.2, 0) is 11.4 Å². The molecule has 1 saturated carbocycles. The third-order valence-corrected chi connectivity index (χ3v) is 8.01. The Morgan fingerprint density at radius 1 is 1.08 bits per heavy atom. The number of carboxylic acid groups (broad SMARTS) is 1. The van der Waals surface area contributed by atoms with E-state index in [0.29, 0.717) is 23.8 Å². The molecular formula is C33H39FO4. The van der Waals surface area contributed by atoms with Crippen molar-refractivity contribution < 1.29 is 23.8 Å². The van der Waals surface area contributed by atoms with Crippen molar-refractivity contribution in [3.63, 3.8) is 0 Å². The summed E-state index contributed by atoms with van der Waals surface area (Å²) in [7, 11) is 1.60. The maximum absolute atomic E-state index is 15.0. The Bertz CT molecular complexity index is 1270. The zero-order valence-electron chi connectivity index (χ0n) is 22.9. The highest BCUT2D eigenvalue weighted by atomic mass is 19.1. The zero-order valence-corrected chi connectivity index (χ0v) is 22.9. The standard InChI is InChI=1S/C33H39FO4/c1-5-8-23(19-32(35)36)24-9-6-10-26(18-24)38-21-22-12-14-27(29-20-25(37-4)13-15-31(29)34)28(17-22)30-11-7-16-33(30,2)3/h6,9-10,12-15,17-18,20,23,30H,5,7-8,11,16,19,21H2,1-4H3,(H,35,36)/t23?,30-/m0/s1. The number of benzene rings is 3. The molecule has 0 amide bonds. The maximum atomic E-state index is 15.0. The van der Waals surface area contributed by atoms with Crippen LogP contribution in [0.1, 0.15) is 87.8 Å². The van der Waals surface area contributed by atoms with E-state index in [1.165, 1.54) is 6.07 Å². The maximum Gasteiger partial charge on any atom is 0.303 e. The van der Waals surface area contributed by atoms with Crippen molar-refractivity contribution in [2.75, 3.05) is 7.11 Å². The largest absolute Gasteiger partial charge is 0.497 e. The molecule has 1 unspecified atom stereocenters. The van der Waals surface area contributed by atoms with Gasteiger partial charge in [0.15, 0.2) is 0 Å². The highest BCUT2D eigenvalue weighted by molar-refractivity contribution is 5.71. The lowest BCUT2D eigenvalue weighted by atomic mass is 9.75.